The summed E-state index contributed by atoms with van der Waals surface area (Å²) in [5, 5.41) is 8.78. The third kappa shape index (κ3) is 35.7. The van der Waals surface area contributed by atoms with Crippen LogP contribution in [0.4, 0.5) is 0 Å². The Morgan fingerprint density at radius 2 is 0.756 bits per heavy atom. The van der Waals surface area contributed by atoms with Crippen molar-refractivity contribution in [2.75, 3.05) is 19.8 Å². The fourth-order valence-electron chi connectivity index (χ4n) is 5.59. The molecule has 0 spiro atoms. The maximum absolute atomic E-state index is 8.78. The van der Waals surface area contributed by atoms with E-state index < -0.39 is 0 Å². The normalized spacial score (nSPS) is 11.9. The molecule has 41 heavy (non-hydrogen) atoms. The van der Waals surface area contributed by atoms with Gasteiger partial charge in [-0.3, -0.25) is 0 Å². The average Bonchev–Trinajstić information content (AvgIpc) is 2.98. The zero-order valence-electron chi connectivity index (χ0n) is 28.3. The molecule has 0 saturated heterocycles. The van der Waals surface area contributed by atoms with E-state index in [2.05, 4.69) is 26.0 Å². The van der Waals surface area contributed by atoms with E-state index in [0.717, 1.165) is 26.1 Å². The summed E-state index contributed by atoms with van der Waals surface area (Å²) < 4.78 is 12.5. The van der Waals surface area contributed by atoms with Crippen LogP contribution < -0.4 is 0 Å². The van der Waals surface area contributed by atoms with Gasteiger partial charge in [0.1, 0.15) is 0 Å². The Morgan fingerprint density at radius 3 is 1.17 bits per heavy atom. The molecule has 0 radical (unpaired) electrons. The van der Waals surface area contributed by atoms with E-state index in [0.29, 0.717) is 0 Å². The molecule has 3 heteroatoms. The molecule has 0 amide bonds. The molecule has 0 heterocycles. The summed E-state index contributed by atoms with van der Waals surface area (Å²) in [5.74, 6) is 0. The highest BCUT2D eigenvalue weighted by atomic mass is 16.7. The summed E-state index contributed by atoms with van der Waals surface area (Å²) in [5.41, 5.74) is 0. The van der Waals surface area contributed by atoms with Crippen LogP contribution in [0.1, 0.15) is 206 Å². The van der Waals surface area contributed by atoms with Crippen LogP contribution in [-0.4, -0.2) is 31.2 Å². The van der Waals surface area contributed by atoms with Gasteiger partial charge in [0.15, 0.2) is 6.29 Å². The molecule has 0 rings (SSSR count). The zero-order valence-corrected chi connectivity index (χ0v) is 28.3. The first-order valence-electron chi connectivity index (χ1n) is 18.8. The molecule has 0 aromatic heterocycles. The van der Waals surface area contributed by atoms with Gasteiger partial charge in [-0.25, -0.2) is 0 Å². The van der Waals surface area contributed by atoms with Crippen molar-refractivity contribution in [1.82, 2.24) is 0 Å². The van der Waals surface area contributed by atoms with Gasteiger partial charge in [0, 0.05) is 19.8 Å². The largest absolute Gasteiger partial charge is 0.396 e. The van der Waals surface area contributed by atoms with Crippen LogP contribution in [0, 0.1) is 0 Å². The van der Waals surface area contributed by atoms with Crippen molar-refractivity contribution >= 4 is 0 Å². The van der Waals surface area contributed by atoms with Gasteiger partial charge in [-0.15, -0.1) is 0 Å². The molecule has 0 fully saturated rings. The molecule has 0 saturated carbocycles. The van der Waals surface area contributed by atoms with Gasteiger partial charge in [0.25, 0.3) is 0 Å². The second kappa shape index (κ2) is 37.6. The summed E-state index contributed by atoms with van der Waals surface area (Å²) in [6.07, 6.45) is 44.0. The van der Waals surface area contributed by atoms with E-state index in [1.165, 1.54) is 180 Å². The van der Waals surface area contributed by atoms with Gasteiger partial charge >= 0.3 is 0 Å². The lowest BCUT2D eigenvalue weighted by Crippen LogP contribution is -2.19. The number of hydrogen-bond acceptors (Lipinski definition) is 3. The molecule has 0 aromatic carbocycles. The molecule has 0 aliphatic carbocycles. The Bertz CT molecular complexity index is 456. The van der Waals surface area contributed by atoms with Crippen LogP contribution in [0.15, 0.2) is 12.2 Å². The molecule has 1 N–H and O–H groups in total. The molecule has 246 valence electrons. The molecule has 3 nitrogen and oxygen atoms in total. The topological polar surface area (TPSA) is 38.7 Å². The Morgan fingerprint density at radius 1 is 0.415 bits per heavy atom. The highest BCUT2D eigenvalue weighted by Crippen LogP contribution is 2.16. The first-order valence-corrected chi connectivity index (χ1v) is 18.8. The Kier molecular flexibility index (Phi) is 37.3. The molecule has 0 aromatic rings. The summed E-state index contributed by atoms with van der Waals surface area (Å²) >= 11 is 0. The molecule has 0 bridgehead atoms. The minimum Gasteiger partial charge on any atom is -0.396 e. The van der Waals surface area contributed by atoms with E-state index in [1.54, 1.807) is 0 Å². The molecule has 0 atom stereocenters. The minimum absolute atomic E-state index is 0.0225. The first kappa shape index (κ1) is 40.6. The fraction of sp³-hybridized carbons (Fsp3) is 0.947. The lowest BCUT2D eigenvalue weighted by atomic mass is 10.0. The maximum atomic E-state index is 8.78. The highest BCUT2D eigenvalue weighted by Gasteiger charge is 2.09. The van der Waals surface area contributed by atoms with Crippen LogP contribution in [0.3, 0.4) is 0 Å². The molecular weight excluding hydrogens is 504 g/mol. The number of aliphatic hydroxyl groups is 1. The number of unbranched alkanes of at least 4 members (excludes halogenated alkanes) is 25. The summed E-state index contributed by atoms with van der Waals surface area (Å²) in [4.78, 5) is 0. The molecule has 0 aliphatic heterocycles. The maximum Gasteiger partial charge on any atom is 0.157 e. The second-order valence-corrected chi connectivity index (χ2v) is 12.6. The Balaban J connectivity index is 3.82. The Hall–Kier alpha value is -0.380. The van der Waals surface area contributed by atoms with E-state index >= 15 is 0 Å². The average molecular weight is 581 g/mol. The van der Waals surface area contributed by atoms with Gasteiger partial charge in [-0.1, -0.05) is 174 Å². The van der Waals surface area contributed by atoms with Crippen LogP contribution >= 0.6 is 0 Å². The molecular formula is C38H76O3. The quantitative estimate of drug-likeness (QED) is 0.0455. The van der Waals surface area contributed by atoms with Crippen molar-refractivity contribution in [2.24, 2.45) is 0 Å². The number of hydrogen-bond donors (Lipinski definition) is 1. The third-order valence-electron chi connectivity index (χ3n) is 8.38. The lowest BCUT2D eigenvalue weighted by molar-refractivity contribution is -0.148. The first-order chi connectivity index (χ1) is 20.3. The van der Waals surface area contributed by atoms with E-state index in [4.69, 9.17) is 14.6 Å². The van der Waals surface area contributed by atoms with Gasteiger partial charge in [-0.05, 0) is 44.9 Å². The van der Waals surface area contributed by atoms with E-state index in [-0.39, 0.29) is 12.9 Å². The van der Waals surface area contributed by atoms with Gasteiger partial charge in [0.05, 0.1) is 0 Å². The number of aliphatic hydroxyl groups excluding tert-OH is 1. The van der Waals surface area contributed by atoms with Gasteiger partial charge in [0.2, 0.25) is 0 Å². The zero-order chi connectivity index (χ0) is 29.7. The van der Waals surface area contributed by atoms with Crippen LogP contribution in [0.5, 0.6) is 0 Å². The number of ether oxygens (including phenoxy) is 2. The third-order valence-corrected chi connectivity index (χ3v) is 8.38. The van der Waals surface area contributed by atoms with E-state index in [9.17, 15) is 0 Å². The molecule has 0 unspecified atom stereocenters. The monoisotopic (exact) mass is 581 g/mol. The van der Waals surface area contributed by atoms with Crippen molar-refractivity contribution in [2.45, 2.75) is 213 Å². The predicted octanol–water partition coefficient (Wildman–Crippen LogP) is 12.6. The van der Waals surface area contributed by atoms with Gasteiger partial charge < -0.3 is 14.6 Å². The van der Waals surface area contributed by atoms with Crippen molar-refractivity contribution in [1.29, 1.82) is 0 Å². The van der Waals surface area contributed by atoms with Crippen LogP contribution in [0.2, 0.25) is 0 Å². The summed E-state index contributed by atoms with van der Waals surface area (Å²) in [6.45, 7) is 6.60. The lowest BCUT2D eigenvalue weighted by Gasteiger charge is -2.19. The van der Waals surface area contributed by atoms with E-state index in [1.807, 2.05) is 0 Å². The smallest absolute Gasteiger partial charge is 0.157 e. The minimum atomic E-state index is 0.0225. The Labute approximate surface area is 259 Å². The fourth-order valence-corrected chi connectivity index (χ4v) is 5.59. The number of allylic oxidation sites excluding steroid dienone is 1. The number of rotatable bonds is 36. The summed E-state index contributed by atoms with van der Waals surface area (Å²) in [6, 6.07) is 0. The highest BCUT2D eigenvalue weighted by molar-refractivity contribution is 4.80. The van der Waals surface area contributed by atoms with Crippen molar-refractivity contribution in [3.8, 4) is 0 Å². The standard InChI is InChI=1S/C38H76O3/c1-3-5-7-9-11-24-28-32-36-40-38(41-37-33-29-25-12-10-8-6-4-2)34-30-26-22-20-18-16-14-13-15-17-19-21-23-27-31-35-39/h23,27,38-39H,3-22,24-26,28-37H2,1-2H3/b27-23+. The van der Waals surface area contributed by atoms with Crippen molar-refractivity contribution in [3.05, 3.63) is 12.2 Å². The van der Waals surface area contributed by atoms with Crippen molar-refractivity contribution < 1.29 is 14.6 Å². The second-order valence-electron chi connectivity index (χ2n) is 12.6. The summed E-state index contributed by atoms with van der Waals surface area (Å²) in [7, 11) is 0. The molecule has 0 aliphatic rings. The van der Waals surface area contributed by atoms with Crippen LogP contribution in [0.25, 0.3) is 0 Å². The van der Waals surface area contributed by atoms with Gasteiger partial charge in [-0.2, -0.15) is 0 Å². The SMILES string of the molecule is CCCCCCCCCCOC(CCCCCCCCCCCCC/C=C/CCO)OCCCCCCCCCC. The predicted molar refractivity (Wildman–Crippen MR) is 182 cm³/mol. The van der Waals surface area contributed by atoms with Crippen molar-refractivity contribution in [3.63, 3.8) is 0 Å². The van der Waals surface area contributed by atoms with Crippen LogP contribution in [-0.2, 0) is 9.47 Å².